The van der Waals surface area contributed by atoms with E-state index in [-0.39, 0.29) is 34.0 Å². The van der Waals surface area contributed by atoms with Gasteiger partial charge in [-0.3, -0.25) is 19.7 Å². The number of hydrogen-bond acceptors (Lipinski definition) is 6. The maximum absolute atomic E-state index is 12.8. The Balaban J connectivity index is 1.51. The highest BCUT2D eigenvalue weighted by atomic mass is 35.5. The normalized spacial score (nSPS) is 16.0. The molecular formula is C17H15ClN4O4S. The molecule has 4 rings (SSSR count). The zero-order chi connectivity index (χ0) is 19.1. The molecule has 0 spiro atoms. The van der Waals surface area contributed by atoms with Gasteiger partial charge in [-0.05, 0) is 18.9 Å². The monoisotopic (exact) mass is 406 g/mol. The molecule has 2 amide bonds. The van der Waals surface area contributed by atoms with Crippen molar-refractivity contribution in [1.82, 2.24) is 9.88 Å². The van der Waals surface area contributed by atoms with Crippen LogP contribution >= 0.6 is 22.9 Å². The molecule has 1 saturated carbocycles. The van der Waals surface area contributed by atoms with Crippen molar-refractivity contribution in [3.05, 3.63) is 49.5 Å². The first kappa shape index (κ1) is 17.9. The quantitative estimate of drug-likeness (QED) is 0.619. The summed E-state index contributed by atoms with van der Waals surface area (Å²) in [6, 6.07) is 3.83. The van der Waals surface area contributed by atoms with E-state index in [1.807, 2.05) is 0 Å². The van der Waals surface area contributed by atoms with Crippen LogP contribution in [0.3, 0.4) is 0 Å². The number of amides is 2. The Morgan fingerprint density at radius 2 is 2.15 bits per heavy atom. The minimum atomic E-state index is -0.556. The average molecular weight is 407 g/mol. The van der Waals surface area contributed by atoms with Crippen LogP contribution in [0.15, 0.2) is 18.2 Å². The molecule has 1 aliphatic carbocycles. The number of anilines is 1. The van der Waals surface area contributed by atoms with Gasteiger partial charge in [0.05, 0.1) is 27.7 Å². The Kier molecular flexibility index (Phi) is 4.56. The van der Waals surface area contributed by atoms with E-state index in [0.29, 0.717) is 24.6 Å². The smallest absolute Gasteiger partial charge is 0.270 e. The van der Waals surface area contributed by atoms with E-state index in [9.17, 15) is 19.7 Å². The van der Waals surface area contributed by atoms with Gasteiger partial charge in [-0.1, -0.05) is 22.9 Å². The van der Waals surface area contributed by atoms with E-state index in [4.69, 9.17) is 11.6 Å². The highest BCUT2D eigenvalue weighted by Crippen LogP contribution is 2.33. The molecule has 1 aromatic carbocycles. The number of nitrogens with one attached hydrogen (secondary N) is 1. The molecular weight excluding hydrogens is 392 g/mol. The number of nitro groups is 1. The number of hydrogen-bond donors (Lipinski definition) is 1. The van der Waals surface area contributed by atoms with Gasteiger partial charge in [-0.25, -0.2) is 4.98 Å². The number of carbonyl (C=O) groups excluding carboxylic acids is 2. The number of carbonyl (C=O) groups is 2. The Bertz CT molecular complexity index is 956. The van der Waals surface area contributed by atoms with Crippen LogP contribution in [0, 0.1) is 16.0 Å². The first-order valence-corrected chi connectivity index (χ1v) is 9.64. The van der Waals surface area contributed by atoms with Gasteiger partial charge in [0.15, 0.2) is 5.13 Å². The number of nitrogens with zero attached hydrogens (tertiary/aromatic N) is 3. The lowest BCUT2D eigenvalue weighted by Gasteiger charge is -2.26. The summed E-state index contributed by atoms with van der Waals surface area (Å²) >= 11 is 7.44. The zero-order valence-corrected chi connectivity index (χ0v) is 15.7. The third-order valence-corrected chi connectivity index (χ3v) is 5.92. The number of non-ortho nitro benzene ring substituents is 1. The number of aromatic nitrogens is 1. The van der Waals surface area contributed by atoms with E-state index < -0.39 is 4.92 Å². The van der Waals surface area contributed by atoms with Gasteiger partial charge in [-0.2, -0.15) is 0 Å². The van der Waals surface area contributed by atoms with Crippen LogP contribution in [-0.4, -0.2) is 33.2 Å². The van der Waals surface area contributed by atoms with Gasteiger partial charge in [0, 0.05) is 35.9 Å². The fraction of sp³-hybridized carbons (Fsp3) is 0.353. The highest BCUT2D eigenvalue weighted by molar-refractivity contribution is 7.15. The highest BCUT2D eigenvalue weighted by Gasteiger charge is 2.31. The van der Waals surface area contributed by atoms with E-state index in [1.165, 1.54) is 29.5 Å². The molecule has 10 heteroatoms. The summed E-state index contributed by atoms with van der Waals surface area (Å²) < 4.78 is 0. The minimum absolute atomic E-state index is 0.00240. The van der Waals surface area contributed by atoms with Crippen LogP contribution in [0.5, 0.6) is 0 Å². The molecule has 0 atom stereocenters. The van der Waals surface area contributed by atoms with Gasteiger partial charge in [0.1, 0.15) is 0 Å². The van der Waals surface area contributed by atoms with Crippen LogP contribution in [0.25, 0.3) is 0 Å². The minimum Gasteiger partial charge on any atom is -0.333 e. The molecule has 140 valence electrons. The van der Waals surface area contributed by atoms with Crippen molar-refractivity contribution in [1.29, 1.82) is 0 Å². The second-order valence-corrected chi connectivity index (χ2v) is 8.04. The predicted octanol–water partition coefficient (Wildman–Crippen LogP) is 3.25. The molecule has 2 heterocycles. The lowest BCUT2D eigenvalue weighted by molar-refractivity contribution is -0.384. The fourth-order valence-electron chi connectivity index (χ4n) is 2.94. The van der Waals surface area contributed by atoms with Gasteiger partial charge in [0.25, 0.3) is 11.6 Å². The largest absolute Gasteiger partial charge is 0.333 e. The first-order valence-electron chi connectivity index (χ1n) is 8.45. The van der Waals surface area contributed by atoms with Crippen LogP contribution in [-0.2, 0) is 17.8 Å². The standard InChI is InChI=1S/C17H15ClN4O4S/c18-12-4-3-10(22(25)26)7-11(12)16(24)21-6-5-13-14(8-21)27-17(19-13)20-15(23)9-1-2-9/h3-4,7,9H,1-2,5-6,8H2,(H,19,20,23). The molecule has 1 aliphatic heterocycles. The van der Waals surface area contributed by atoms with Crippen molar-refractivity contribution < 1.29 is 14.5 Å². The fourth-order valence-corrected chi connectivity index (χ4v) is 4.16. The number of nitro benzene ring substituents is 1. The van der Waals surface area contributed by atoms with E-state index in [1.54, 1.807) is 4.90 Å². The van der Waals surface area contributed by atoms with Gasteiger partial charge in [-0.15, -0.1) is 0 Å². The van der Waals surface area contributed by atoms with Gasteiger partial charge >= 0.3 is 0 Å². The van der Waals surface area contributed by atoms with Crippen molar-refractivity contribution in [3.63, 3.8) is 0 Å². The Morgan fingerprint density at radius 1 is 1.37 bits per heavy atom. The van der Waals surface area contributed by atoms with Gasteiger partial charge in [0.2, 0.25) is 5.91 Å². The molecule has 0 bridgehead atoms. The van der Waals surface area contributed by atoms with E-state index >= 15 is 0 Å². The van der Waals surface area contributed by atoms with Crippen LogP contribution < -0.4 is 5.32 Å². The summed E-state index contributed by atoms with van der Waals surface area (Å²) in [4.78, 5) is 42.1. The molecule has 0 unspecified atom stereocenters. The Labute approximate surface area is 163 Å². The Morgan fingerprint density at radius 3 is 2.85 bits per heavy atom. The van der Waals surface area contributed by atoms with Gasteiger partial charge < -0.3 is 10.2 Å². The van der Waals surface area contributed by atoms with E-state index in [0.717, 1.165) is 23.4 Å². The molecule has 1 N–H and O–H groups in total. The SMILES string of the molecule is O=C(Nc1nc2c(s1)CN(C(=O)c1cc([N+](=O)[O-])ccc1Cl)CC2)C1CC1. The van der Waals surface area contributed by atoms with Crippen LogP contribution in [0.2, 0.25) is 5.02 Å². The van der Waals surface area contributed by atoms with E-state index in [2.05, 4.69) is 10.3 Å². The number of rotatable bonds is 4. The lowest BCUT2D eigenvalue weighted by atomic mass is 10.1. The maximum Gasteiger partial charge on any atom is 0.270 e. The number of benzene rings is 1. The molecule has 2 aliphatic rings. The van der Waals surface area contributed by atoms with Crippen molar-refractivity contribution in [3.8, 4) is 0 Å². The van der Waals surface area contributed by atoms with Crippen molar-refractivity contribution in [2.75, 3.05) is 11.9 Å². The topological polar surface area (TPSA) is 105 Å². The molecule has 1 aromatic heterocycles. The maximum atomic E-state index is 12.8. The summed E-state index contributed by atoms with van der Waals surface area (Å²) in [6.45, 7) is 0.773. The number of thiazole rings is 1. The summed E-state index contributed by atoms with van der Waals surface area (Å²) in [5.41, 5.74) is 0.810. The third-order valence-electron chi connectivity index (χ3n) is 4.59. The number of fused-ring (bicyclic) bond motifs is 1. The van der Waals surface area contributed by atoms with Crippen molar-refractivity contribution in [2.24, 2.45) is 5.92 Å². The summed E-state index contributed by atoms with van der Waals surface area (Å²) in [5.74, 6) is -0.260. The summed E-state index contributed by atoms with van der Waals surface area (Å²) in [5, 5.41) is 14.5. The molecule has 1 fully saturated rings. The number of halogens is 1. The molecule has 8 nitrogen and oxygen atoms in total. The predicted molar refractivity (Wildman–Crippen MR) is 100 cm³/mol. The lowest BCUT2D eigenvalue weighted by Crippen LogP contribution is -2.35. The van der Waals surface area contributed by atoms with Crippen LogP contribution in [0.4, 0.5) is 10.8 Å². The molecule has 0 saturated heterocycles. The molecule has 2 aromatic rings. The average Bonchev–Trinajstić information content (AvgIpc) is 3.41. The summed E-state index contributed by atoms with van der Waals surface area (Å²) in [6.07, 6.45) is 2.40. The second kappa shape index (κ2) is 6.90. The molecule has 27 heavy (non-hydrogen) atoms. The van der Waals surface area contributed by atoms with Crippen molar-refractivity contribution in [2.45, 2.75) is 25.8 Å². The zero-order valence-electron chi connectivity index (χ0n) is 14.1. The molecule has 0 radical (unpaired) electrons. The third kappa shape index (κ3) is 3.65. The summed E-state index contributed by atoms with van der Waals surface area (Å²) in [7, 11) is 0. The second-order valence-electron chi connectivity index (χ2n) is 6.55. The van der Waals surface area contributed by atoms with Crippen LogP contribution in [0.1, 0.15) is 33.8 Å². The Hall–Kier alpha value is -2.52. The first-order chi connectivity index (χ1) is 12.9. The van der Waals surface area contributed by atoms with Crippen molar-refractivity contribution >= 4 is 45.6 Å².